The van der Waals surface area contributed by atoms with Crippen molar-refractivity contribution in [3.05, 3.63) is 23.3 Å². The Hall–Kier alpha value is -2.01. The summed E-state index contributed by atoms with van der Waals surface area (Å²) in [6.07, 6.45) is 0. The number of imide groups is 1. The number of hydrogen-bond acceptors (Lipinski definition) is 4. The van der Waals surface area contributed by atoms with Gasteiger partial charge in [-0.05, 0) is 0 Å². The van der Waals surface area contributed by atoms with Crippen molar-refractivity contribution in [2.75, 3.05) is 4.90 Å². The molecule has 1 N–H and O–H groups in total. The molecule has 0 radical (unpaired) electrons. The van der Waals surface area contributed by atoms with Crippen LogP contribution in [0.3, 0.4) is 0 Å². The Labute approximate surface area is 127 Å². The predicted molar refractivity (Wildman–Crippen MR) is 66.9 cm³/mol. The standard InChI is InChI=1S/C12H9F4NO5S/c1-3-4(2)12(19)17(11(3)18)9-5(13)7(15)10(23(20,21)22)8(16)6(9)14/h3-4H,1-2H3,(H,20,21,22). The van der Waals surface area contributed by atoms with E-state index in [1.54, 1.807) is 0 Å². The monoisotopic (exact) mass is 355 g/mol. The van der Waals surface area contributed by atoms with Gasteiger partial charge in [-0.1, -0.05) is 13.8 Å². The molecule has 2 amide bonds. The molecule has 1 aliphatic heterocycles. The number of benzene rings is 1. The molecule has 0 aromatic heterocycles. The van der Waals surface area contributed by atoms with Gasteiger partial charge in [0.05, 0.1) is 0 Å². The number of amides is 2. The molecule has 0 aliphatic carbocycles. The van der Waals surface area contributed by atoms with Crippen molar-refractivity contribution in [3.8, 4) is 0 Å². The third-order valence-electron chi connectivity index (χ3n) is 3.65. The van der Waals surface area contributed by atoms with Crippen LogP contribution >= 0.6 is 0 Å². The van der Waals surface area contributed by atoms with Gasteiger partial charge in [0.25, 0.3) is 0 Å². The lowest BCUT2D eigenvalue weighted by Crippen LogP contribution is -2.33. The van der Waals surface area contributed by atoms with E-state index in [-0.39, 0.29) is 4.90 Å². The van der Waals surface area contributed by atoms with Crippen molar-refractivity contribution in [1.29, 1.82) is 0 Å². The average Bonchev–Trinajstić information content (AvgIpc) is 2.62. The van der Waals surface area contributed by atoms with Crippen LogP contribution in [0.1, 0.15) is 13.8 Å². The summed E-state index contributed by atoms with van der Waals surface area (Å²) in [5.41, 5.74) is -1.65. The van der Waals surface area contributed by atoms with Crippen molar-refractivity contribution in [2.24, 2.45) is 11.8 Å². The second-order valence-electron chi connectivity index (χ2n) is 5.00. The summed E-state index contributed by atoms with van der Waals surface area (Å²) in [5.74, 6) is -13.6. The first kappa shape index (κ1) is 17.3. The molecule has 1 saturated heterocycles. The summed E-state index contributed by atoms with van der Waals surface area (Å²) >= 11 is 0. The molecule has 1 aliphatic rings. The van der Waals surface area contributed by atoms with Gasteiger partial charge in [-0.15, -0.1) is 0 Å². The van der Waals surface area contributed by atoms with Crippen molar-refractivity contribution in [3.63, 3.8) is 0 Å². The molecule has 126 valence electrons. The van der Waals surface area contributed by atoms with Crippen LogP contribution in [0.5, 0.6) is 0 Å². The van der Waals surface area contributed by atoms with Gasteiger partial charge in [-0.2, -0.15) is 8.42 Å². The zero-order chi connectivity index (χ0) is 17.9. The minimum Gasteiger partial charge on any atom is -0.282 e. The third-order valence-corrected chi connectivity index (χ3v) is 4.53. The molecule has 1 aromatic carbocycles. The number of hydrogen-bond donors (Lipinski definition) is 1. The number of anilines is 1. The fraction of sp³-hybridized carbons (Fsp3) is 0.333. The van der Waals surface area contributed by atoms with Crippen molar-refractivity contribution < 1.29 is 40.1 Å². The van der Waals surface area contributed by atoms with E-state index in [0.717, 1.165) is 0 Å². The second-order valence-corrected chi connectivity index (χ2v) is 6.36. The Morgan fingerprint density at radius 2 is 1.22 bits per heavy atom. The fourth-order valence-electron chi connectivity index (χ4n) is 2.19. The van der Waals surface area contributed by atoms with E-state index in [4.69, 9.17) is 4.55 Å². The van der Waals surface area contributed by atoms with E-state index in [2.05, 4.69) is 0 Å². The van der Waals surface area contributed by atoms with Gasteiger partial charge in [0, 0.05) is 11.8 Å². The highest BCUT2D eigenvalue weighted by Gasteiger charge is 2.47. The SMILES string of the molecule is CC1C(=O)N(c2c(F)c(F)c(S(=O)(=O)O)c(F)c2F)C(=O)C1C. The lowest BCUT2D eigenvalue weighted by atomic mass is 10.00. The van der Waals surface area contributed by atoms with E-state index in [0.29, 0.717) is 0 Å². The first-order valence-corrected chi connectivity index (χ1v) is 7.56. The van der Waals surface area contributed by atoms with Gasteiger partial charge in [0.2, 0.25) is 11.8 Å². The summed E-state index contributed by atoms with van der Waals surface area (Å²) in [4.78, 5) is 21.5. The third kappa shape index (κ3) is 2.39. The first-order valence-electron chi connectivity index (χ1n) is 6.12. The minimum absolute atomic E-state index is 0.0695. The van der Waals surface area contributed by atoms with Crippen LogP contribution in [0, 0.1) is 35.1 Å². The van der Waals surface area contributed by atoms with Crippen molar-refractivity contribution in [2.45, 2.75) is 18.7 Å². The molecular weight excluding hydrogens is 346 g/mol. The van der Waals surface area contributed by atoms with Gasteiger partial charge in [-0.3, -0.25) is 14.1 Å². The molecule has 1 heterocycles. The molecule has 0 bridgehead atoms. The van der Waals surface area contributed by atoms with E-state index < -0.39 is 67.6 Å². The minimum atomic E-state index is -5.62. The Morgan fingerprint density at radius 1 is 0.870 bits per heavy atom. The molecule has 6 nitrogen and oxygen atoms in total. The Balaban J connectivity index is 2.82. The Kier molecular flexibility index (Phi) is 3.97. The molecule has 0 spiro atoms. The number of rotatable bonds is 2. The van der Waals surface area contributed by atoms with Crippen LogP contribution in [0.25, 0.3) is 0 Å². The van der Waals surface area contributed by atoms with E-state index >= 15 is 0 Å². The molecule has 0 saturated carbocycles. The molecule has 2 rings (SSSR count). The van der Waals surface area contributed by atoms with E-state index in [1.165, 1.54) is 13.8 Å². The molecule has 2 atom stereocenters. The van der Waals surface area contributed by atoms with Crippen LogP contribution in [0.15, 0.2) is 4.90 Å². The highest BCUT2D eigenvalue weighted by molar-refractivity contribution is 7.85. The topological polar surface area (TPSA) is 91.8 Å². The lowest BCUT2D eigenvalue weighted by molar-refractivity contribution is -0.122. The number of halogens is 4. The van der Waals surface area contributed by atoms with Crippen LogP contribution in [0.2, 0.25) is 0 Å². The quantitative estimate of drug-likeness (QED) is 0.377. The summed E-state index contributed by atoms with van der Waals surface area (Å²) in [6.45, 7) is 2.56. The Bertz CT molecular complexity index is 789. The van der Waals surface area contributed by atoms with Gasteiger partial charge in [0.15, 0.2) is 28.2 Å². The summed E-state index contributed by atoms with van der Waals surface area (Å²) in [6, 6.07) is 0. The molecule has 23 heavy (non-hydrogen) atoms. The average molecular weight is 355 g/mol. The van der Waals surface area contributed by atoms with Gasteiger partial charge >= 0.3 is 10.1 Å². The number of nitrogens with zero attached hydrogens (tertiary/aromatic N) is 1. The number of carbonyl (C=O) groups excluding carboxylic acids is 2. The molecular formula is C12H9F4NO5S. The van der Waals surface area contributed by atoms with Crippen molar-refractivity contribution in [1.82, 2.24) is 0 Å². The fourth-order valence-corrected chi connectivity index (χ4v) is 2.82. The molecule has 11 heteroatoms. The highest BCUT2D eigenvalue weighted by Crippen LogP contribution is 2.38. The van der Waals surface area contributed by atoms with Crippen molar-refractivity contribution >= 4 is 27.6 Å². The first-order chi connectivity index (χ1) is 10.4. The van der Waals surface area contributed by atoms with Crippen LogP contribution in [0.4, 0.5) is 23.2 Å². The van der Waals surface area contributed by atoms with E-state index in [9.17, 15) is 35.6 Å². The molecule has 1 fully saturated rings. The maximum absolute atomic E-state index is 14.0. The van der Waals surface area contributed by atoms with Gasteiger partial charge in [-0.25, -0.2) is 22.5 Å². The van der Waals surface area contributed by atoms with Gasteiger partial charge < -0.3 is 0 Å². The maximum atomic E-state index is 14.0. The zero-order valence-corrected chi connectivity index (χ0v) is 12.4. The normalized spacial score (nSPS) is 22.1. The van der Waals surface area contributed by atoms with Crippen LogP contribution in [-0.2, 0) is 19.7 Å². The largest absolute Gasteiger partial charge is 0.300 e. The molecule has 2 unspecified atom stereocenters. The van der Waals surface area contributed by atoms with Crippen LogP contribution in [-0.4, -0.2) is 24.8 Å². The highest BCUT2D eigenvalue weighted by atomic mass is 32.2. The summed E-state index contributed by atoms with van der Waals surface area (Å²) in [7, 11) is -5.62. The smallest absolute Gasteiger partial charge is 0.282 e. The second kappa shape index (κ2) is 5.27. The van der Waals surface area contributed by atoms with E-state index in [1.807, 2.05) is 0 Å². The Morgan fingerprint density at radius 3 is 1.52 bits per heavy atom. The van der Waals surface area contributed by atoms with Crippen LogP contribution < -0.4 is 4.90 Å². The zero-order valence-electron chi connectivity index (χ0n) is 11.6. The predicted octanol–water partition coefficient (Wildman–Crippen LogP) is 1.64. The van der Waals surface area contributed by atoms with Gasteiger partial charge in [0.1, 0.15) is 5.69 Å². The summed E-state index contributed by atoms with van der Waals surface area (Å²) in [5, 5.41) is 0. The lowest BCUT2D eigenvalue weighted by Gasteiger charge is -2.18. The summed E-state index contributed by atoms with van der Waals surface area (Å²) < 4.78 is 85.8. The molecule has 1 aromatic rings. The maximum Gasteiger partial charge on any atom is 0.300 e. The number of carbonyl (C=O) groups is 2.